The number of hydrogen-bond acceptors (Lipinski definition) is 2. The summed E-state index contributed by atoms with van der Waals surface area (Å²) in [5.41, 5.74) is 8.92. The van der Waals surface area contributed by atoms with Crippen LogP contribution in [-0.4, -0.2) is 5.11 Å². The van der Waals surface area contributed by atoms with Crippen molar-refractivity contribution >= 4 is 21.6 Å². The second-order valence-electron chi connectivity index (χ2n) is 3.69. The average Bonchev–Trinajstić information content (AvgIpc) is 2.25. The molecule has 0 aliphatic heterocycles. The first-order chi connectivity index (χ1) is 7.65. The van der Waals surface area contributed by atoms with E-state index >= 15 is 0 Å². The summed E-state index contributed by atoms with van der Waals surface area (Å²) in [7, 11) is 0. The fourth-order valence-electron chi connectivity index (χ4n) is 1.56. The molecular weight excluding hydrogens is 266 g/mol. The number of rotatable bonds is 2. The average molecular weight is 278 g/mol. The molecule has 16 heavy (non-hydrogen) atoms. The highest BCUT2D eigenvalue weighted by molar-refractivity contribution is 9.10. The van der Waals surface area contributed by atoms with E-state index in [0.29, 0.717) is 0 Å². The predicted molar refractivity (Wildman–Crippen MR) is 69.5 cm³/mol. The molecule has 3 N–H and O–H groups in total. The smallest absolute Gasteiger partial charge is 0.115 e. The van der Waals surface area contributed by atoms with E-state index in [-0.39, 0.29) is 5.75 Å². The van der Waals surface area contributed by atoms with Crippen LogP contribution in [0.3, 0.4) is 0 Å². The van der Waals surface area contributed by atoms with Crippen LogP contribution in [0, 0.1) is 0 Å². The van der Waals surface area contributed by atoms with E-state index in [1.165, 1.54) is 0 Å². The molecule has 2 nitrogen and oxygen atoms in total. The highest BCUT2D eigenvalue weighted by Crippen LogP contribution is 2.22. The minimum Gasteiger partial charge on any atom is -0.508 e. The Bertz CT molecular complexity index is 494. The number of nitrogens with two attached hydrogens (primary N) is 1. The van der Waals surface area contributed by atoms with Crippen molar-refractivity contribution in [3.05, 3.63) is 58.1 Å². The fraction of sp³-hybridized carbons (Fsp3) is 0.0769. The third-order valence-electron chi connectivity index (χ3n) is 2.44. The third kappa shape index (κ3) is 2.55. The molecule has 0 radical (unpaired) electrons. The Morgan fingerprint density at radius 2 is 1.75 bits per heavy atom. The zero-order valence-electron chi connectivity index (χ0n) is 8.65. The van der Waals surface area contributed by atoms with Gasteiger partial charge in [0, 0.05) is 10.2 Å². The number of phenolic OH excluding ortho intramolecular Hbond substituents is 1. The number of nitrogen functional groups attached to an aromatic ring is 1. The molecule has 0 amide bonds. The van der Waals surface area contributed by atoms with Gasteiger partial charge in [0.25, 0.3) is 0 Å². The van der Waals surface area contributed by atoms with Crippen LogP contribution in [0.15, 0.2) is 46.9 Å². The van der Waals surface area contributed by atoms with Gasteiger partial charge in [-0.15, -0.1) is 0 Å². The SMILES string of the molecule is Nc1cc(Br)ccc1Cc1ccc(O)cc1. The molecule has 0 fully saturated rings. The highest BCUT2D eigenvalue weighted by atomic mass is 79.9. The Kier molecular flexibility index (Phi) is 3.15. The molecule has 0 aliphatic carbocycles. The van der Waals surface area contributed by atoms with Crippen molar-refractivity contribution in [1.82, 2.24) is 0 Å². The maximum atomic E-state index is 9.18. The predicted octanol–water partition coefficient (Wildman–Crippen LogP) is 3.33. The Hall–Kier alpha value is -1.48. The van der Waals surface area contributed by atoms with Crippen molar-refractivity contribution in [1.29, 1.82) is 0 Å². The summed E-state index contributed by atoms with van der Waals surface area (Å²) in [6.07, 6.45) is 0.777. The molecule has 0 saturated carbocycles. The van der Waals surface area contributed by atoms with Crippen molar-refractivity contribution in [2.75, 3.05) is 5.73 Å². The first-order valence-electron chi connectivity index (χ1n) is 4.97. The van der Waals surface area contributed by atoms with E-state index in [1.54, 1.807) is 12.1 Å². The van der Waals surface area contributed by atoms with Crippen molar-refractivity contribution in [3.8, 4) is 5.75 Å². The molecule has 82 valence electrons. The van der Waals surface area contributed by atoms with Gasteiger partial charge >= 0.3 is 0 Å². The van der Waals surface area contributed by atoms with Gasteiger partial charge in [-0.25, -0.2) is 0 Å². The lowest BCUT2D eigenvalue weighted by Crippen LogP contribution is -1.95. The second kappa shape index (κ2) is 4.58. The minimum atomic E-state index is 0.285. The van der Waals surface area contributed by atoms with Crippen molar-refractivity contribution in [3.63, 3.8) is 0 Å². The lowest BCUT2D eigenvalue weighted by Gasteiger charge is -2.06. The molecule has 2 aromatic carbocycles. The summed E-state index contributed by atoms with van der Waals surface area (Å²) in [5.74, 6) is 0.285. The van der Waals surface area contributed by atoms with E-state index in [0.717, 1.165) is 27.7 Å². The first kappa shape index (κ1) is 11.0. The molecule has 0 aromatic heterocycles. The second-order valence-corrected chi connectivity index (χ2v) is 4.60. The van der Waals surface area contributed by atoms with E-state index in [9.17, 15) is 5.11 Å². The molecule has 0 heterocycles. The summed E-state index contributed by atoms with van der Waals surface area (Å²) in [6.45, 7) is 0. The molecule has 0 atom stereocenters. The summed E-state index contributed by atoms with van der Waals surface area (Å²) >= 11 is 3.38. The van der Waals surface area contributed by atoms with Crippen LogP contribution in [0.25, 0.3) is 0 Å². The highest BCUT2D eigenvalue weighted by Gasteiger charge is 2.01. The monoisotopic (exact) mass is 277 g/mol. The van der Waals surface area contributed by atoms with Crippen LogP contribution in [0.1, 0.15) is 11.1 Å². The number of phenols is 1. The Balaban J connectivity index is 2.23. The first-order valence-corrected chi connectivity index (χ1v) is 5.76. The summed E-state index contributed by atoms with van der Waals surface area (Å²) in [6, 6.07) is 13.1. The molecule has 0 aliphatic rings. The van der Waals surface area contributed by atoms with Gasteiger partial charge in [0.1, 0.15) is 5.75 Å². The number of hydrogen-bond donors (Lipinski definition) is 2. The van der Waals surface area contributed by atoms with Crippen LogP contribution < -0.4 is 5.73 Å². The minimum absolute atomic E-state index is 0.285. The normalized spacial score (nSPS) is 10.3. The van der Waals surface area contributed by atoms with Crippen molar-refractivity contribution in [2.45, 2.75) is 6.42 Å². The number of benzene rings is 2. The maximum absolute atomic E-state index is 9.18. The number of aromatic hydroxyl groups is 1. The van der Waals surface area contributed by atoms with E-state index in [1.807, 2.05) is 30.3 Å². The largest absolute Gasteiger partial charge is 0.508 e. The van der Waals surface area contributed by atoms with Gasteiger partial charge in [-0.05, 0) is 41.8 Å². The van der Waals surface area contributed by atoms with Gasteiger partial charge in [-0.3, -0.25) is 0 Å². The zero-order valence-corrected chi connectivity index (χ0v) is 10.2. The van der Waals surface area contributed by atoms with Crippen LogP contribution in [0.5, 0.6) is 5.75 Å². The quantitative estimate of drug-likeness (QED) is 0.828. The van der Waals surface area contributed by atoms with Crippen LogP contribution in [0.4, 0.5) is 5.69 Å². The van der Waals surface area contributed by atoms with Gasteiger partial charge in [0.2, 0.25) is 0 Å². The van der Waals surface area contributed by atoms with Gasteiger partial charge < -0.3 is 10.8 Å². The van der Waals surface area contributed by atoms with Crippen LogP contribution >= 0.6 is 15.9 Å². The van der Waals surface area contributed by atoms with Crippen LogP contribution in [0.2, 0.25) is 0 Å². The lowest BCUT2D eigenvalue weighted by molar-refractivity contribution is 0.475. The van der Waals surface area contributed by atoms with E-state index in [4.69, 9.17) is 5.73 Å². The van der Waals surface area contributed by atoms with Gasteiger partial charge in [0.15, 0.2) is 0 Å². The van der Waals surface area contributed by atoms with E-state index in [2.05, 4.69) is 15.9 Å². The molecule has 0 bridgehead atoms. The standard InChI is InChI=1S/C13H12BrNO/c14-11-4-3-10(13(15)8-11)7-9-1-5-12(16)6-2-9/h1-6,8,16H,7,15H2. The zero-order chi connectivity index (χ0) is 11.5. The molecule has 0 spiro atoms. The summed E-state index contributed by atoms with van der Waals surface area (Å²) in [4.78, 5) is 0. The lowest BCUT2D eigenvalue weighted by atomic mass is 10.0. The topological polar surface area (TPSA) is 46.2 Å². The van der Waals surface area contributed by atoms with Gasteiger partial charge in [-0.2, -0.15) is 0 Å². The molecule has 0 unspecified atom stereocenters. The van der Waals surface area contributed by atoms with Crippen molar-refractivity contribution in [2.24, 2.45) is 0 Å². The Morgan fingerprint density at radius 1 is 1.06 bits per heavy atom. The Labute approximate surface area is 103 Å². The van der Waals surface area contributed by atoms with E-state index < -0.39 is 0 Å². The summed E-state index contributed by atoms with van der Waals surface area (Å²) in [5, 5.41) is 9.18. The van der Waals surface area contributed by atoms with Gasteiger partial charge in [0.05, 0.1) is 0 Å². The molecule has 2 rings (SSSR count). The Morgan fingerprint density at radius 3 is 2.38 bits per heavy atom. The fourth-order valence-corrected chi connectivity index (χ4v) is 1.94. The molecular formula is C13H12BrNO. The molecule has 3 heteroatoms. The molecule has 2 aromatic rings. The summed E-state index contributed by atoms with van der Waals surface area (Å²) < 4.78 is 0.986. The van der Waals surface area contributed by atoms with Gasteiger partial charge in [-0.1, -0.05) is 34.1 Å². The molecule has 0 saturated heterocycles. The van der Waals surface area contributed by atoms with Crippen LogP contribution in [-0.2, 0) is 6.42 Å². The number of anilines is 1. The van der Waals surface area contributed by atoms with Crippen molar-refractivity contribution < 1.29 is 5.11 Å². The number of halogens is 1. The third-order valence-corrected chi connectivity index (χ3v) is 2.93. The maximum Gasteiger partial charge on any atom is 0.115 e.